The highest BCUT2D eigenvalue weighted by molar-refractivity contribution is 7.91. The Labute approximate surface area is 142 Å². The third-order valence-electron chi connectivity index (χ3n) is 3.57. The predicted octanol–water partition coefficient (Wildman–Crippen LogP) is 3.48. The van der Waals surface area contributed by atoms with Gasteiger partial charge in [0.25, 0.3) is 5.91 Å². The van der Waals surface area contributed by atoms with E-state index in [2.05, 4.69) is 10.3 Å². The maximum Gasteiger partial charge on any atom is 0.341 e. The quantitative estimate of drug-likeness (QED) is 0.771. The van der Waals surface area contributed by atoms with Crippen molar-refractivity contribution in [2.75, 3.05) is 5.32 Å². The molecule has 0 radical (unpaired) electrons. The smallest absolute Gasteiger partial charge is 0.321 e. The maximum atomic E-state index is 12.8. The number of sulfone groups is 1. The molecule has 1 N–H and O–H groups in total. The zero-order valence-electron chi connectivity index (χ0n) is 12.7. The Morgan fingerprint density at radius 3 is 2.44 bits per heavy atom. The minimum Gasteiger partial charge on any atom is -0.321 e. The van der Waals surface area contributed by atoms with Crippen molar-refractivity contribution in [3.8, 4) is 0 Å². The van der Waals surface area contributed by atoms with Gasteiger partial charge in [-0.15, -0.1) is 0 Å². The molecule has 2 aromatic carbocycles. The molecule has 1 heterocycles. The molecule has 0 aliphatic heterocycles. The lowest BCUT2D eigenvalue weighted by molar-refractivity contribution is 0.102. The largest absolute Gasteiger partial charge is 0.341 e. The molecule has 0 bridgehead atoms. The van der Waals surface area contributed by atoms with Gasteiger partial charge in [-0.25, -0.2) is 8.42 Å². The molecule has 8 heteroatoms. The summed E-state index contributed by atoms with van der Waals surface area (Å²) in [7, 11) is -4.84. The van der Waals surface area contributed by atoms with E-state index in [1.165, 1.54) is 30.5 Å². The average molecular weight is 362 g/mol. The molecule has 0 saturated carbocycles. The Bertz CT molecular complexity index is 1050. The number of hydrogen-bond acceptors (Lipinski definition) is 4. The Balaban J connectivity index is 2.02. The van der Waals surface area contributed by atoms with E-state index in [1.807, 2.05) is 0 Å². The lowest BCUT2D eigenvalue weighted by atomic mass is 10.1. The van der Waals surface area contributed by atoms with Crippen LogP contribution in [-0.2, 0) is 9.84 Å². The van der Waals surface area contributed by atoms with Crippen LogP contribution in [0.2, 0.25) is 0 Å². The van der Waals surface area contributed by atoms with Gasteiger partial charge in [-0.3, -0.25) is 9.78 Å². The summed E-state index contributed by atoms with van der Waals surface area (Å²) in [5.41, 5.74) is 0.646. The fourth-order valence-corrected chi connectivity index (χ4v) is 3.28. The highest BCUT2D eigenvalue weighted by Gasteiger charge is 2.29. The summed E-state index contributed by atoms with van der Waals surface area (Å²) in [6.45, 7) is 0. The molecule has 1 aromatic heterocycles. The number of rotatable bonds is 4. The van der Waals surface area contributed by atoms with Crippen LogP contribution in [0.4, 0.5) is 14.5 Å². The first kappa shape index (κ1) is 17.0. The van der Waals surface area contributed by atoms with Crippen LogP contribution >= 0.6 is 0 Å². The van der Waals surface area contributed by atoms with Crippen LogP contribution in [0.3, 0.4) is 0 Å². The van der Waals surface area contributed by atoms with E-state index < -0.39 is 26.4 Å². The number of carbonyl (C=O) groups excluding carboxylic acids is 1. The van der Waals surface area contributed by atoms with Crippen molar-refractivity contribution >= 4 is 32.3 Å². The third-order valence-corrected chi connectivity index (χ3v) is 5.01. The Kier molecular flexibility index (Phi) is 4.45. The van der Waals surface area contributed by atoms with Gasteiger partial charge in [-0.05, 0) is 24.3 Å². The number of para-hydroxylation sites is 2. The zero-order chi connectivity index (χ0) is 18.0. The van der Waals surface area contributed by atoms with Gasteiger partial charge in [0.1, 0.15) is 0 Å². The number of fused-ring (bicyclic) bond motifs is 1. The number of benzene rings is 2. The Morgan fingerprint density at radius 1 is 1.00 bits per heavy atom. The van der Waals surface area contributed by atoms with Crippen LogP contribution in [0.15, 0.2) is 65.7 Å². The van der Waals surface area contributed by atoms with Gasteiger partial charge < -0.3 is 5.32 Å². The number of alkyl halides is 2. The van der Waals surface area contributed by atoms with Gasteiger partial charge in [0.2, 0.25) is 9.84 Å². The van der Waals surface area contributed by atoms with Crippen molar-refractivity contribution in [1.29, 1.82) is 0 Å². The summed E-state index contributed by atoms with van der Waals surface area (Å²) in [5.74, 6) is -4.19. The van der Waals surface area contributed by atoms with Crippen molar-refractivity contribution in [3.05, 3.63) is 66.4 Å². The number of halogens is 2. The van der Waals surface area contributed by atoms with E-state index in [9.17, 15) is 22.0 Å². The lowest BCUT2D eigenvalue weighted by Crippen LogP contribution is -2.18. The standard InChI is InChI=1S/C17H12F2N2O3S/c18-17(19)25(23,24)15-8-4-3-7-14(15)21-16(22)12-9-10-20-13-6-2-1-5-11(12)13/h1-10,17H,(H,21,22). The molecule has 0 atom stereocenters. The van der Waals surface area contributed by atoms with Crippen molar-refractivity contribution in [3.63, 3.8) is 0 Å². The SMILES string of the molecule is O=C(Nc1ccccc1S(=O)(=O)C(F)F)c1ccnc2ccccc12. The normalized spacial score (nSPS) is 11.6. The van der Waals surface area contributed by atoms with E-state index in [0.717, 1.165) is 6.07 Å². The molecule has 0 fully saturated rings. The summed E-state index contributed by atoms with van der Waals surface area (Å²) in [4.78, 5) is 16.1. The third kappa shape index (κ3) is 3.20. The van der Waals surface area contributed by atoms with E-state index in [1.54, 1.807) is 24.3 Å². The van der Waals surface area contributed by atoms with Crippen molar-refractivity contribution < 1.29 is 22.0 Å². The monoisotopic (exact) mass is 362 g/mol. The Hall–Kier alpha value is -2.87. The van der Waals surface area contributed by atoms with Crippen molar-refractivity contribution in [2.45, 2.75) is 10.7 Å². The van der Waals surface area contributed by atoms with Crippen molar-refractivity contribution in [2.24, 2.45) is 0 Å². The fourth-order valence-electron chi connectivity index (χ4n) is 2.40. The van der Waals surface area contributed by atoms with Gasteiger partial charge in [0.15, 0.2) is 0 Å². The lowest BCUT2D eigenvalue weighted by Gasteiger charge is -2.12. The second-order valence-corrected chi connectivity index (χ2v) is 7.02. The molecular formula is C17H12F2N2O3S. The van der Waals surface area contributed by atoms with Gasteiger partial charge in [0, 0.05) is 11.6 Å². The summed E-state index contributed by atoms with van der Waals surface area (Å²) >= 11 is 0. The van der Waals surface area contributed by atoms with E-state index in [4.69, 9.17) is 0 Å². The highest BCUT2D eigenvalue weighted by atomic mass is 32.2. The minimum atomic E-state index is -4.84. The highest BCUT2D eigenvalue weighted by Crippen LogP contribution is 2.27. The first-order valence-electron chi connectivity index (χ1n) is 7.17. The molecule has 0 saturated heterocycles. The van der Waals surface area contributed by atoms with Crippen LogP contribution in [0, 0.1) is 0 Å². The van der Waals surface area contributed by atoms with Gasteiger partial charge >= 0.3 is 5.76 Å². The molecule has 0 unspecified atom stereocenters. The average Bonchev–Trinajstić information content (AvgIpc) is 2.61. The number of carbonyl (C=O) groups is 1. The summed E-state index contributed by atoms with van der Waals surface area (Å²) in [5, 5.41) is 2.97. The number of anilines is 1. The summed E-state index contributed by atoms with van der Waals surface area (Å²) in [6, 6.07) is 13.4. The van der Waals surface area contributed by atoms with Crippen LogP contribution in [0.25, 0.3) is 10.9 Å². The van der Waals surface area contributed by atoms with Crippen molar-refractivity contribution in [1.82, 2.24) is 4.98 Å². The molecule has 1 amide bonds. The predicted molar refractivity (Wildman–Crippen MR) is 89.3 cm³/mol. The zero-order valence-corrected chi connectivity index (χ0v) is 13.5. The molecule has 25 heavy (non-hydrogen) atoms. The number of aromatic nitrogens is 1. The second-order valence-electron chi connectivity index (χ2n) is 5.13. The number of pyridine rings is 1. The second kappa shape index (κ2) is 6.56. The van der Waals surface area contributed by atoms with E-state index in [0.29, 0.717) is 10.9 Å². The Morgan fingerprint density at radius 2 is 1.68 bits per heavy atom. The van der Waals surface area contributed by atoms with Gasteiger partial charge in [-0.2, -0.15) is 8.78 Å². The van der Waals surface area contributed by atoms with Gasteiger partial charge in [-0.1, -0.05) is 30.3 Å². The van der Waals surface area contributed by atoms with Crippen LogP contribution in [0.5, 0.6) is 0 Å². The molecule has 3 aromatic rings. The van der Waals surface area contributed by atoms with Gasteiger partial charge in [0.05, 0.1) is 21.7 Å². The fraction of sp³-hybridized carbons (Fsp3) is 0.0588. The maximum absolute atomic E-state index is 12.8. The van der Waals surface area contributed by atoms with Crippen LogP contribution < -0.4 is 5.32 Å². The first-order valence-corrected chi connectivity index (χ1v) is 8.72. The number of nitrogens with one attached hydrogen (secondary N) is 1. The molecular weight excluding hydrogens is 350 g/mol. The number of amides is 1. The van der Waals surface area contributed by atoms with E-state index in [-0.39, 0.29) is 11.3 Å². The van der Waals surface area contributed by atoms with Crippen LogP contribution in [0.1, 0.15) is 10.4 Å². The number of nitrogens with zero attached hydrogens (tertiary/aromatic N) is 1. The minimum absolute atomic E-state index is 0.200. The first-order chi connectivity index (χ1) is 11.9. The topological polar surface area (TPSA) is 76.1 Å². The number of hydrogen-bond donors (Lipinski definition) is 1. The summed E-state index contributed by atoms with van der Waals surface area (Å²) < 4.78 is 49.2. The van der Waals surface area contributed by atoms with E-state index >= 15 is 0 Å². The molecule has 0 aliphatic rings. The van der Waals surface area contributed by atoms with Crippen LogP contribution in [-0.4, -0.2) is 25.1 Å². The molecule has 0 aliphatic carbocycles. The summed E-state index contributed by atoms with van der Waals surface area (Å²) in [6.07, 6.45) is 1.44. The molecule has 128 valence electrons. The molecule has 5 nitrogen and oxygen atoms in total. The molecule has 0 spiro atoms. The molecule has 3 rings (SSSR count).